The third-order valence-electron chi connectivity index (χ3n) is 5.99. The van der Waals surface area contributed by atoms with Crippen molar-refractivity contribution in [2.24, 2.45) is 0 Å². The minimum Gasteiger partial charge on any atom is -0.497 e. The Kier molecular flexibility index (Phi) is 8.09. The van der Waals surface area contributed by atoms with E-state index in [2.05, 4.69) is 50.4 Å². The maximum Gasteiger partial charge on any atom is 0.255 e. The van der Waals surface area contributed by atoms with Crippen LogP contribution in [-0.2, 0) is 0 Å². The van der Waals surface area contributed by atoms with Gasteiger partial charge >= 0.3 is 0 Å². The summed E-state index contributed by atoms with van der Waals surface area (Å²) in [7, 11) is 1.65. The highest BCUT2D eigenvalue weighted by atomic mass is 79.9. The van der Waals surface area contributed by atoms with Gasteiger partial charge in [0.05, 0.1) is 18.2 Å². The minimum absolute atomic E-state index is 0.211. The maximum absolute atomic E-state index is 13.2. The third-order valence-corrected chi connectivity index (χ3v) is 7.61. The molecule has 0 radical (unpaired) electrons. The van der Waals surface area contributed by atoms with Crippen molar-refractivity contribution in [1.29, 1.82) is 0 Å². The van der Waals surface area contributed by atoms with Gasteiger partial charge in [-0.2, -0.15) is 0 Å². The highest BCUT2D eigenvalue weighted by Crippen LogP contribution is 2.37. The van der Waals surface area contributed by atoms with Crippen LogP contribution in [0.15, 0.2) is 99.5 Å². The summed E-state index contributed by atoms with van der Waals surface area (Å²) in [4.78, 5) is 28.7. The molecule has 196 valence electrons. The molecule has 0 unspecified atom stereocenters. The molecule has 9 heteroatoms. The first kappa shape index (κ1) is 26.6. The molecule has 3 aromatic carbocycles. The molecule has 0 aliphatic heterocycles. The summed E-state index contributed by atoms with van der Waals surface area (Å²) >= 11 is 5.00. The van der Waals surface area contributed by atoms with Gasteiger partial charge in [-0.05, 0) is 84.8 Å². The second-order valence-corrected chi connectivity index (χ2v) is 11.1. The number of fused-ring (bicyclic) bond motifs is 1. The van der Waals surface area contributed by atoms with Crippen molar-refractivity contribution in [3.05, 3.63) is 101 Å². The molecule has 39 heavy (non-hydrogen) atoms. The van der Waals surface area contributed by atoms with Crippen molar-refractivity contribution in [2.75, 3.05) is 17.7 Å². The molecule has 5 rings (SSSR count). The number of carbonyl (C=O) groups is 1. The summed E-state index contributed by atoms with van der Waals surface area (Å²) in [6.45, 7) is 4.20. The Bertz CT molecular complexity index is 1630. The predicted molar refractivity (Wildman–Crippen MR) is 160 cm³/mol. The molecule has 0 saturated heterocycles. The number of hydrogen-bond donors (Lipinski definition) is 2. The van der Waals surface area contributed by atoms with Crippen molar-refractivity contribution in [2.45, 2.75) is 29.6 Å². The van der Waals surface area contributed by atoms with E-state index in [9.17, 15) is 4.79 Å². The van der Waals surface area contributed by atoms with Crippen LogP contribution in [0.4, 0.5) is 17.2 Å². The molecule has 0 aliphatic carbocycles. The molecule has 2 N–H and O–H groups in total. The molecule has 0 saturated carbocycles. The summed E-state index contributed by atoms with van der Waals surface area (Å²) in [6, 6.07) is 24.9. The van der Waals surface area contributed by atoms with Gasteiger partial charge in [-0.25, -0.2) is 15.0 Å². The number of ether oxygens (including phenoxy) is 1. The van der Waals surface area contributed by atoms with E-state index in [1.54, 1.807) is 18.9 Å². The fourth-order valence-corrected chi connectivity index (χ4v) is 5.02. The number of methoxy groups -OCH3 is 1. The number of amides is 1. The number of carbonyl (C=O) groups excluding carboxylic acids is 1. The number of hydrogen-bond acceptors (Lipinski definition) is 7. The van der Waals surface area contributed by atoms with E-state index in [0.717, 1.165) is 36.8 Å². The fourth-order valence-electron chi connectivity index (χ4n) is 3.87. The lowest BCUT2D eigenvalue weighted by Gasteiger charge is -2.15. The lowest BCUT2D eigenvalue weighted by Crippen LogP contribution is -2.12. The molecule has 0 fully saturated rings. The zero-order chi connectivity index (χ0) is 27.4. The number of aromatic nitrogens is 3. The molecule has 0 atom stereocenters. The molecule has 0 bridgehead atoms. The molecule has 5 aromatic rings. The Morgan fingerprint density at radius 3 is 2.44 bits per heavy atom. The summed E-state index contributed by atoms with van der Waals surface area (Å²) in [5.74, 6) is 1.48. The zero-order valence-electron chi connectivity index (χ0n) is 21.6. The highest BCUT2D eigenvalue weighted by molar-refractivity contribution is 9.10. The first-order valence-corrected chi connectivity index (χ1v) is 13.9. The van der Waals surface area contributed by atoms with Crippen LogP contribution in [0.1, 0.15) is 35.8 Å². The fraction of sp³-hybridized carbons (Fsp3) is 0.133. The topological polar surface area (TPSA) is 89.0 Å². The number of nitrogens with one attached hydrogen (secondary N) is 2. The van der Waals surface area contributed by atoms with E-state index in [0.29, 0.717) is 22.7 Å². The Labute approximate surface area is 239 Å². The van der Waals surface area contributed by atoms with Crippen molar-refractivity contribution in [3.63, 3.8) is 0 Å². The molecule has 0 aliphatic rings. The van der Waals surface area contributed by atoms with Crippen molar-refractivity contribution in [1.82, 2.24) is 15.0 Å². The van der Waals surface area contributed by atoms with E-state index < -0.39 is 0 Å². The SMILES string of the molecule is COc1ccc(Sc2ccc(C(=O)Nc3ccc(Br)cc3)cc2Nc2ncnc3nc(C(C)C)ccc23)cc1. The largest absolute Gasteiger partial charge is 0.497 e. The van der Waals surface area contributed by atoms with Gasteiger partial charge in [0.1, 0.15) is 17.9 Å². The maximum atomic E-state index is 13.2. The normalized spacial score (nSPS) is 11.0. The molecule has 1 amide bonds. The van der Waals surface area contributed by atoms with Crippen LogP contribution in [0.3, 0.4) is 0 Å². The lowest BCUT2D eigenvalue weighted by molar-refractivity contribution is 0.102. The summed E-state index contributed by atoms with van der Waals surface area (Å²) < 4.78 is 6.24. The Hall–Kier alpha value is -3.95. The number of benzene rings is 3. The summed E-state index contributed by atoms with van der Waals surface area (Å²) in [5.41, 5.74) is 3.55. The van der Waals surface area contributed by atoms with E-state index in [-0.39, 0.29) is 11.8 Å². The highest BCUT2D eigenvalue weighted by Gasteiger charge is 2.15. The first-order chi connectivity index (χ1) is 18.9. The Morgan fingerprint density at radius 2 is 1.72 bits per heavy atom. The predicted octanol–water partition coefficient (Wildman–Crippen LogP) is 8.07. The Morgan fingerprint density at radius 1 is 0.949 bits per heavy atom. The van der Waals surface area contributed by atoms with Gasteiger partial charge in [-0.3, -0.25) is 4.79 Å². The van der Waals surface area contributed by atoms with Crippen molar-refractivity contribution < 1.29 is 9.53 Å². The van der Waals surface area contributed by atoms with Gasteiger partial charge in [0, 0.05) is 31.2 Å². The lowest BCUT2D eigenvalue weighted by atomic mass is 10.1. The summed E-state index contributed by atoms with van der Waals surface area (Å²) in [6.07, 6.45) is 1.50. The molecule has 7 nitrogen and oxygen atoms in total. The van der Waals surface area contributed by atoms with E-state index >= 15 is 0 Å². The van der Waals surface area contributed by atoms with Gasteiger partial charge in [-0.1, -0.05) is 41.5 Å². The van der Waals surface area contributed by atoms with E-state index in [4.69, 9.17) is 9.72 Å². The number of nitrogens with zero attached hydrogens (tertiary/aromatic N) is 3. The molecular formula is C30H26BrN5O2S. The Balaban J connectivity index is 1.50. The third kappa shape index (κ3) is 6.38. The van der Waals surface area contributed by atoms with Crippen LogP contribution in [0.5, 0.6) is 5.75 Å². The van der Waals surface area contributed by atoms with Crippen LogP contribution >= 0.6 is 27.7 Å². The average Bonchev–Trinajstić information content (AvgIpc) is 2.95. The zero-order valence-corrected chi connectivity index (χ0v) is 24.0. The van der Waals surface area contributed by atoms with Crippen LogP contribution in [0, 0.1) is 0 Å². The van der Waals surface area contributed by atoms with E-state index in [1.165, 1.54) is 6.33 Å². The van der Waals surface area contributed by atoms with Gasteiger partial charge in [0.25, 0.3) is 5.91 Å². The number of halogens is 1. The molecule has 2 heterocycles. The van der Waals surface area contributed by atoms with Crippen LogP contribution in [0.25, 0.3) is 11.0 Å². The molecule has 0 spiro atoms. The quantitative estimate of drug-likeness (QED) is 0.186. The monoisotopic (exact) mass is 599 g/mol. The minimum atomic E-state index is -0.211. The smallest absolute Gasteiger partial charge is 0.255 e. The number of rotatable bonds is 8. The number of pyridine rings is 1. The number of anilines is 3. The van der Waals surface area contributed by atoms with Crippen molar-refractivity contribution >= 4 is 61.8 Å². The van der Waals surface area contributed by atoms with Crippen LogP contribution in [-0.4, -0.2) is 28.0 Å². The molecular weight excluding hydrogens is 574 g/mol. The van der Waals surface area contributed by atoms with Crippen LogP contribution < -0.4 is 15.4 Å². The first-order valence-electron chi connectivity index (χ1n) is 12.3. The van der Waals surface area contributed by atoms with Gasteiger partial charge in [-0.15, -0.1) is 0 Å². The summed E-state index contributed by atoms with van der Waals surface area (Å²) in [5, 5.41) is 7.21. The average molecular weight is 601 g/mol. The van der Waals surface area contributed by atoms with Gasteiger partial charge in [0.2, 0.25) is 0 Å². The second-order valence-electron chi connectivity index (χ2n) is 9.06. The van der Waals surface area contributed by atoms with Gasteiger partial charge < -0.3 is 15.4 Å². The van der Waals surface area contributed by atoms with Gasteiger partial charge in [0.15, 0.2) is 5.65 Å². The second kappa shape index (κ2) is 11.8. The van der Waals surface area contributed by atoms with E-state index in [1.807, 2.05) is 78.9 Å². The molecule has 2 aromatic heterocycles. The van der Waals surface area contributed by atoms with Crippen molar-refractivity contribution in [3.8, 4) is 5.75 Å². The standard InChI is InChI=1S/C30H26BrN5O2S/c1-18(2)25-14-13-24-28(35-25)32-17-33-29(24)36-26-16-19(30(37)34-21-7-5-20(31)6-8-21)4-15-27(26)39-23-11-9-22(38-3)10-12-23/h4-18H,1-3H3,(H,34,37)(H,32,33,35,36). The van der Waals surface area contributed by atoms with Crippen LogP contribution in [0.2, 0.25) is 0 Å².